The van der Waals surface area contributed by atoms with Gasteiger partial charge in [0.15, 0.2) is 5.58 Å². The summed E-state index contributed by atoms with van der Waals surface area (Å²) >= 11 is 0. The number of hydrogen-bond acceptors (Lipinski definition) is 5. The van der Waals surface area contributed by atoms with Crippen molar-refractivity contribution in [1.29, 1.82) is 0 Å². The molecule has 0 radical (unpaired) electrons. The second-order valence-corrected chi connectivity index (χ2v) is 6.30. The number of aromatic nitrogens is 1. The van der Waals surface area contributed by atoms with E-state index in [2.05, 4.69) is 15.2 Å². The summed E-state index contributed by atoms with van der Waals surface area (Å²) in [5.41, 5.74) is 1.71. The van der Waals surface area contributed by atoms with Gasteiger partial charge in [0.05, 0.1) is 0 Å². The number of hydrogen-bond donors (Lipinski definition) is 1. The maximum Gasteiger partial charge on any atom is 0.298 e. The van der Waals surface area contributed by atoms with Crippen LogP contribution in [0.15, 0.2) is 28.7 Å². The molecular weight excluding hydrogens is 292 g/mol. The van der Waals surface area contributed by atoms with Gasteiger partial charge in [-0.25, -0.2) is 0 Å². The number of nitrogens with one attached hydrogen (secondary N) is 1. The Kier molecular flexibility index (Phi) is 3.91. The summed E-state index contributed by atoms with van der Waals surface area (Å²) in [6, 6.07) is 8.50. The zero-order valence-corrected chi connectivity index (χ0v) is 13.2. The molecule has 6 heteroatoms. The van der Waals surface area contributed by atoms with E-state index in [1.54, 1.807) is 0 Å². The van der Waals surface area contributed by atoms with Gasteiger partial charge in [-0.1, -0.05) is 12.1 Å². The van der Waals surface area contributed by atoms with Crippen LogP contribution in [-0.4, -0.2) is 55.1 Å². The highest BCUT2D eigenvalue weighted by atomic mass is 16.4. The van der Waals surface area contributed by atoms with Crippen LogP contribution in [0.1, 0.15) is 12.8 Å². The van der Waals surface area contributed by atoms with Crippen LogP contribution < -0.4 is 10.2 Å². The van der Waals surface area contributed by atoms with Gasteiger partial charge in [0.1, 0.15) is 5.52 Å². The van der Waals surface area contributed by atoms with Crippen LogP contribution in [0.5, 0.6) is 0 Å². The van der Waals surface area contributed by atoms with Crippen molar-refractivity contribution in [2.24, 2.45) is 5.92 Å². The van der Waals surface area contributed by atoms with Gasteiger partial charge >= 0.3 is 0 Å². The van der Waals surface area contributed by atoms with E-state index >= 15 is 0 Å². The first-order valence-corrected chi connectivity index (χ1v) is 8.41. The minimum Gasteiger partial charge on any atom is -0.423 e. The Bertz CT molecular complexity index is 652. The van der Waals surface area contributed by atoms with Crippen LogP contribution >= 0.6 is 0 Å². The number of carbonyl (C=O) groups excluding carboxylic acids is 1. The molecular formula is C17H22N4O2. The largest absolute Gasteiger partial charge is 0.423 e. The lowest BCUT2D eigenvalue weighted by Gasteiger charge is -2.35. The molecule has 2 aliphatic rings. The van der Waals surface area contributed by atoms with Crippen molar-refractivity contribution < 1.29 is 9.21 Å². The molecule has 4 rings (SSSR count). The molecule has 23 heavy (non-hydrogen) atoms. The van der Waals surface area contributed by atoms with E-state index in [1.807, 2.05) is 29.2 Å². The number of nitrogens with zero attached hydrogens (tertiary/aromatic N) is 3. The molecule has 1 amide bonds. The van der Waals surface area contributed by atoms with Crippen molar-refractivity contribution in [3.05, 3.63) is 24.3 Å². The lowest BCUT2D eigenvalue weighted by Crippen LogP contribution is -2.50. The van der Waals surface area contributed by atoms with Gasteiger partial charge in [-0.05, 0) is 25.0 Å². The molecule has 0 saturated carbocycles. The first-order chi connectivity index (χ1) is 11.3. The van der Waals surface area contributed by atoms with E-state index in [-0.39, 0.29) is 5.92 Å². The van der Waals surface area contributed by atoms with E-state index in [9.17, 15) is 4.79 Å². The number of para-hydroxylation sites is 2. The number of piperazine rings is 1. The minimum atomic E-state index is 0.147. The topological polar surface area (TPSA) is 61.6 Å². The van der Waals surface area contributed by atoms with Crippen molar-refractivity contribution in [1.82, 2.24) is 15.2 Å². The number of rotatable bonds is 2. The molecule has 0 aliphatic carbocycles. The Morgan fingerprint density at radius 3 is 2.61 bits per heavy atom. The molecule has 0 spiro atoms. The highest BCUT2D eigenvalue weighted by molar-refractivity contribution is 5.79. The van der Waals surface area contributed by atoms with E-state index in [1.165, 1.54) is 0 Å². The van der Waals surface area contributed by atoms with Crippen LogP contribution in [0.3, 0.4) is 0 Å². The first kappa shape index (κ1) is 14.5. The average molecular weight is 314 g/mol. The normalized spacial score (nSPS) is 20.2. The van der Waals surface area contributed by atoms with E-state index in [0.717, 1.165) is 63.2 Å². The van der Waals surface area contributed by atoms with Crippen LogP contribution in [0.25, 0.3) is 11.1 Å². The minimum absolute atomic E-state index is 0.147. The molecule has 122 valence electrons. The van der Waals surface area contributed by atoms with E-state index in [0.29, 0.717) is 11.9 Å². The lowest BCUT2D eigenvalue weighted by atomic mass is 9.95. The number of benzene rings is 1. The number of amides is 1. The molecule has 1 aromatic heterocycles. The van der Waals surface area contributed by atoms with Gasteiger partial charge < -0.3 is 19.5 Å². The first-order valence-electron chi connectivity index (χ1n) is 8.41. The summed E-state index contributed by atoms with van der Waals surface area (Å²) in [6.45, 7) is 5.15. The monoisotopic (exact) mass is 314 g/mol. The van der Waals surface area contributed by atoms with Gasteiger partial charge in [-0.3, -0.25) is 4.79 Å². The maximum absolute atomic E-state index is 12.6. The number of carbonyl (C=O) groups is 1. The highest BCUT2D eigenvalue weighted by Gasteiger charge is 2.30. The van der Waals surface area contributed by atoms with Crippen molar-refractivity contribution in [3.63, 3.8) is 0 Å². The van der Waals surface area contributed by atoms with Gasteiger partial charge in [0.25, 0.3) is 6.01 Å². The lowest BCUT2D eigenvalue weighted by molar-refractivity contribution is -0.136. The number of oxazole rings is 1. The Labute approximate surface area is 135 Å². The molecule has 3 heterocycles. The second-order valence-electron chi connectivity index (χ2n) is 6.30. The number of fused-ring (bicyclic) bond motifs is 1. The van der Waals surface area contributed by atoms with E-state index < -0.39 is 0 Å². The second kappa shape index (κ2) is 6.20. The molecule has 2 aliphatic heterocycles. The Hall–Kier alpha value is -2.08. The van der Waals surface area contributed by atoms with E-state index in [4.69, 9.17) is 4.42 Å². The predicted octanol–water partition coefficient (Wildman–Crippen LogP) is 1.48. The Morgan fingerprint density at radius 2 is 1.87 bits per heavy atom. The highest BCUT2D eigenvalue weighted by Crippen LogP contribution is 2.27. The summed E-state index contributed by atoms with van der Waals surface area (Å²) in [4.78, 5) is 21.3. The van der Waals surface area contributed by atoms with Gasteiger partial charge in [0.2, 0.25) is 5.91 Å². The molecule has 0 unspecified atom stereocenters. The Morgan fingerprint density at radius 1 is 1.13 bits per heavy atom. The van der Waals surface area contributed by atoms with Crippen molar-refractivity contribution in [2.75, 3.05) is 44.2 Å². The fraction of sp³-hybridized carbons (Fsp3) is 0.529. The van der Waals surface area contributed by atoms with Gasteiger partial charge in [-0.2, -0.15) is 4.98 Å². The zero-order chi connectivity index (χ0) is 15.6. The van der Waals surface area contributed by atoms with Crippen molar-refractivity contribution in [2.45, 2.75) is 12.8 Å². The molecule has 1 N–H and O–H groups in total. The summed E-state index contributed by atoms with van der Waals surface area (Å²) in [6.07, 6.45) is 1.75. The Balaban J connectivity index is 1.39. The summed E-state index contributed by atoms with van der Waals surface area (Å²) in [7, 11) is 0. The summed E-state index contributed by atoms with van der Waals surface area (Å²) < 4.78 is 5.83. The third kappa shape index (κ3) is 2.91. The van der Waals surface area contributed by atoms with Crippen LogP contribution in [0.2, 0.25) is 0 Å². The molecule has 2 fully saturated rings. The van der Waals surface area contributed by atoms with Crippen molar-refractivity contribution in [3.8, 4) is 0 Å². The number of piperidine rings is 1. The third-order valence-electron chi connectivity index (χ3n) is 4.83. The van der Waals surface area contributed by atoms with Gasteiger partial charge in [0, 0.05) is 45.2 Å². The summed E-state index contributed by atoms with van der Waals surface area (Å²) in [5, 5.41) is 3.29. The van der Waals surface area contributed by atoms with Crippen LogP contribution in [0, 0.1) is 5.92 Å². The summed E-state index contributed by atoms with van der Waals surface area (Å²) in [5.74, 6) is 0.470. The zero-order valence-electron chi connectivity index (χ0n) is 13.2. The molecule has 1 aromatic carbocycles. The maximum atomic E-state index is 12.6. The molecule has 0 atom stereocenters. The van der Waals surface area contributed by atoms with Crippen molar-refractivity contribution >= 4 is 23.0 Å². The SMILES string of the molecule is O=C(C1CCN(c2nc3ccccc3o2)CC1)N1CCNCC1. The molecule has 0 bridgehead atoms. The quantitative estimate of drug-likeness (QED) is 0.910. The van der Waals surface area contributed by atoms with Crippen LogP contribution in [0.4, 0.5) is 6.01 Å². The fourth-order valence-corrected chi connectivity index (χ4v) is 3.46. The predicted molar refractivity (Wildman–Crippen MR) is 88.4 cm³/mol. The average Bonchev–Trinajstić information content (AvgIpc) is 3.06. The fourth-order valence-electron chi connectivity index (χ4n) is 3.46. The smallest absolute Gasteiger partial charge is 0.298 e. The van der Waals surface area contributed by atoms with Gasteiger partial charge in [-0.15, -0.1) is 0 Å². The molecule has 2 saturated heterocycles. The van der Waals surface area contributed by atoms with Crippen LogP contribution in [-0.2, 0) is 4.79 Å². The standard InChI is InChI=1S/C17H22N4O2/c22-16(20-11-7-18-8-12-20)13-5-9-21(10-6-13)17-19-14-3-1-2-4-15(14)23-17/h1-4,13,18H,5-12H2. The molecule has 2 aromatic rings. The number of anilines is 1. The molecule has 6 nitrogen and oxygen atoms in total. The third-order valence-corrected chi connectivity index (χ3v) is 4.83.